The van der Waals surface area contributed by atoms with Crippen LogP contribution in [0.2, 0.25) is 0 Å². The van der Waals surface area contributed by atoms with Crippen LogP contribution >= 0.6 is 0 Å². The van der Waals surface area contributed by atoms with Gasteiger partial charge in [0, 0.05) is 32.7 Å². The van der Waals surface area contributed by atoms with Crippen molar-refractivity contribution < 1.29 is 37.6 Å². The predicted octanol–water partition coefficient (Wildman–Crippen LogP) is 0.187. The number of methoxy groups -OCH3 is 1. The van der Waals surface area contributed by atoms with Crippen LogP contribution in [0.4, 0.5) is 0 Å². The highest BCUT2D eigenvalue weighted by Crippen LogP contribution is 2.25. The van der Waals surface area contributed by atoms with Gasteiger partial charge in [-0.05, 0) is 43.7 Å². The van der Waals surface area contributed by atoms with Crippen molar-refractivity contribution in [1.82, 2.24) is 10.2 Å². The highest BCUT2D eigenvalue weighted by molar-refractivity contribution is 7.92. The Bertz CT molecular complexity index is 982. The van der Waals surface area contributed by atoms with Crippen LogP contribution in [0, 0.1) is 0 Å². The molecule has 3 rings (SSSR count). The molecule has 2 aliphatic heterocycles. The van der Waals surface area contributed by atoms with Crippen molar-refractivity contribution in [2.75, 3.05) is 45.4 Å². The molecule has 5 atom stereocenters. The highest BCUT2D eigenvalue weighted by Gasteiger charge is 2.38. The van der Waals surface area contributed by atoms with Gasteiger partial charge in [-0.2, -0.15) is 0 Å². The van der Waals surface area contributed by atoms with E-state index in [1.54, 1.807) is 30.3 Å². The van der Waals surface area contributed by atoms with Crippen LogP contribution in [0.15, 0.2) is 30.3 Å². The van der Waals surface area contributed by atoms with E-state index in [1.807, 2.05) is 18.9 Å². The maximum Gasteiger partial charge on any atom is 0.221 e. The van der Waals surface area contributed by atoms with Gasteiger partial charge in [-0.25, -0.2) is 8.42 Å². The van der Waals surface area contributed by atoms with E-state index in [-0.39, 0.29) is 49.1 Å². The average Bonchev–Trinajstić information content (AvgIpc) is 3.20. The third-order valence-corrected chi connectivity index (χ3v) is 7.69. The fourth-order valence-electron chi connectivity index (χ4n) is 4.23. The first-order valence-electron chi connectivity index (χ1n) is 11.7. The van der Waals surface area contributed by atoms with Gasteiger partial charge >= 0.3 is 0 Å². The number of hydrogen-bond donors (Lipinski definition) is 3. The second-order valence-electron chi connectivity index (χ2n) is 9.15. The van der Waals surface area contributed by atoms with E-state index in [1.165, 1.54) is 7.11 Å². The van der Waals surface area contributed by atoms with Gasteiger partial charge in [-0.15, -0.1) is 0 Å². The van der Waals surface area contributed by atoms with Crippen LogP contribution < -0.4 is 10.1 Å². The number of aliphatic hydroxyl groups is 2. The predicted molar refractivity (Wildman–Crippen MR) is 131 cm³/mol. The lowest BCUT2D eigenvalue weighted by Crippen LogP contribution is -2.55. The molecule has 1 saturated heterocycles. The fourth-order valence-corrected chi connectivity index (χ4v) is 5.56. The summed E-state index contributed by atoms with van der Waals surface area (Å²) in [7, 11) is 0.312. The number of amides is 1. The van der Waals surface area contributed by atoms with Crippen LogP contribution in [0.1, 0.15) is 25.3 Å². The van der Waals surface area contributed by atoms with Gasteiger partial charge < -0.3 is 34.6 Å². The molecule has 0 aliphatic carbocycles. The van der Waals surface area contributed by atoms with Gasteiger partial charge in [-0.3, -0.25) is 4.79 Å². The number of nitrogens with zero attached hydrogens (tertiary/aromatic N) is 1. The lowest BCUT2D eigenvalue weighted by atomic mass is 9.98. The van der Waals surface area contributed by atoms with Crippen molar-refractivity contribution in [3.8, 4) is 5.75 Å². The molecule has 1 fully saturated rings. The van der Waals surface area contributed by atoms with Crippen LogP contribution in [0.3, 0.4) is 0 Å². The zero-order valence-corrected chi connectivity index (χ0v) is 21.2. The molecule has 0 radical (unpaired) electrons. The summed E-state index contributed by atoms with van der Waals surface area (Å²) >= 11 is 0. The third kappa shape index (κ3) is 7.99. The van der Waals surface area contributed by atoms with Gasteiger partial charge in [0.15, 0.2) is 16.1 Å². The summed E-state index contributed by atoms with van der Waals surface area (Å²) in [6.07, 6.45) is 0.118. The molecule has 3 N–H and O–H groups in total. The first-order chi connectivity index (χ1) is 16.6. The lowest BCUT2D eigenvalue weighted by Gasteiger charge is -2.41. The topological polar surface area (TPSA) is 135 Å². The van der Waals surface area contributed by atoms with Crippen LogP contribution in [-0.4, -0.2) is 105 Å². The minimum Gasteiger partial charge on any atom is -0.491 e. The second-order valence-corrected chi connectivity index (χ2v) is 11.3. The number of benzene rings is 1. The molecule has 1 aromatic carbocycles. The number of carbonyl (C=O) groups excluding carboxylic acids is 1. The quantitative estimate of drug-likeness (QED) is 0.380. The van der Waals surface area contributed by atoms with E-state index in [0.717, 1.165) is 11.1 Å². The van der Waals surface area contributed by atoms with Crippen molar-refractivity contribution in [1.29, 1.82) is 0 Å². The van der Waals surface area contributed by atoms with E-state index < -0.39 is 28.3 Å². The minimum atomic E-state index is -3.03. The van der Waals surface area contributed by atoms with E-state index in [2.05, 4.69) is 5.32 Å². The number of hydrogen-bond acceptors (Lipinski definition) is 9. The van der Waals surface area contributed by atoms with Crippen molar-refractivity contribution in [3.63, 3.8) is 0 Å². The molecular formula is C24H36N2O8S. The third-order valence-electron chi connectivity index (χ3n) is 6.26. The molecular weight excluding hydrogens is 476 g/mol. The van der Waals surface area contributed by atoms with Gasteiger partial charge in [0.05, 0.1) is 17.6 Å². The molecule has 1 aromatic rings. The number of aliphatic hydroxyl groups excluding tert-OH is 2. The van der Waals surface area contributed by atoms with Gasteiger partial charge in [0.25, 0.3) is 0 Å². The molecule has 0 aromatic heterocycles. The first-order valence-corrected chi connectivity index (χ1v) is 13.5. The summed E-state index contributed by atoms with van der Waals surface area (Å²) in [4.78, 5) is 14.2. The average molecular weight is 513 g/mol. The lowest BCUT2D eigenvalue weighted by molar-refractivity contribution is -0.243. The van der Waals surface area contributed by atoms with E-state index in [4.69, 9.17) is 14.2 Å². The van der Waals surface area contributed by atoms with Crippen molar-refractivity contribution in [2.45, 2.75) is 50.4 Å². The fraction of sp³-hybridized carbons (Fsp3) is 0.625. The van der Waals surface area contributed by atoms with Crippen LogP contribution in [-0.2, 0) is 24.1 Å². The summed E-state index contributed by atoms with van der Waals surface area (Å²) < 4.78 is 39.6. The summed E-state index contributed by atoms with van der Waals surface area (Å²) in [5.74, 6) is 0.447. The zero-order chi connectivity index (χ0) is 25.6. The number of sulfone groups is 1. The monoisotopic (exact) mass is 512 g/mol. The first kappa shape index (κ1) is 27.6. The van der Waals surface area contributed by atoms with E-state index in [9.17, 15) is 23.4 Å². The number of carbonyl (C=O) groups is 1. The largest absolute Gasteiger partial charge is 0.491 e. The Morgan fingerprint density at radius 1 is 1.31 bits per heavy atom. The smallest absolute Gasteiger partial charge is 0.221 e. The standard InChI is InChI=1S/C24H36N2O8S/c1-16-12-21(23(29)24(32-3)34-16)26(2)10-8-22(28)25-13-19(27)14-33-20-6-4-17(5-7-20)18-9-11-35(30,31)15-18/h4-7,9,16,19,21,23-24,27,29H,8,10-15H2,1-3H3,(H,25,28)/t16-,19+,21+,23-,24-/m1/s1. The van der Waals surface area contributed by atoms with Crippen molar-refractivity contribution in [2.24, 2.45) is 0 Å². The van der Waals surface area contributed by atoms with Gasteiger partial charge in [0.2, 0.25) is 5.91 Å². The van der Waals surface area contributed by atoms with Crippen LogP contribution in [0.5, 0.6) is 5.75 Å². The molecule has 0 saturated carbocycles. The number of nitrogens with one attached hydrogen (secondary N) is 1. The number of ether oxygens (including phenoxy) is 3. The maximum atomic E-state index is 12.2. The summed E-state index contributed by atoms with van der Waals surface area (Å²) in [6, 6.07) is 6.84. The van der Waals surface area contributed by atoms with Gasteiger partial charge in [-0.1, -0.05) is 18.2 Å². The molecule has 10 nitrogen and oxygen atoms in total. The summed E-state index contributed by atoms with van der Waals surface area (Å²) in [5, 5.41) is 23.3. The van der Waals surface area contributed by atoms with E-state index >= 15 is 0 Å². The Balaban J connectivity index is 1.35. The maximum absolute atomic E-state index is 12.2. The van der Waals surface area contributed by atoms with Crippen molar-refractivity contribution >= 4 is 21.3 Å². The Labute approximate surface area is 206 Å². The number of likely N-dealkylation sites (N-methyl/N-ethyl adjacent to an activating group) is 1. The Morgan fingerprint density at radius 2 is 2.03 bits per heavy atom. The van der Waals surface area contributed by atoms with Crippen molar-refractivity contribution in [3.05, 3.63) is 35.9 Å². The molecule has 0 spiro atoms. The molecule has 11 heteroatoms. The summed E-state index contributed by atoms with van der Waals surface area (Å²) in [6.45, 7) is 2.41. The zero-order valence-electron chi connectivity index (χ0n) is 20.4. The molecule has 0 unspecified atom stereocenters. The van der Waals surface area contributed by atoms with Gasteiger partial charge in [0.1, 0.15) is 24.6 Å². The number of rotatable bonds is 11. The Hall–Kier alpha value is -2.02. The second kappa shape index (κ2) is 12.3. The Kier molecular flexibility index (Phi) is 9.68. The molecule has 2 heterocycles. The molecule has 0 bridgehead atoms. The SMILES string of the molecule is CO[C@@H]1O[C@H](C)C[C@H](N(C)CCC(=O)NC[C@H](O)COc2ccc(C3=CCS(=O)(=O)C3)cc2)[C@H]1O. The molecule has 35 heavy (non-hydrogen) atoms. The Morgan fingerprint density at radius 3 is 2.66 bits per heavy atom. The molecule has 1 amide bonds. The van der Waals surface area contributed by atoms with Crippen LogP contribution in [0.25, 0.3) is 5.57 Å². The molecule has 196 valence electrons. The highest BCUT2D eigenvalue weighted by atomic mass is 32.2. The normalized spacial score (nSPS) is 26.9. The summed E-state index contributed by atoms with van der Waals surface area (Å²) in [5.41, 5.74) is 1.61. The van der Waals surface area contributed by atoms with E-state index in [0.29, 0.717) is 18.7 Å². The molecule has 2 aliphatic rings. The minimum absolute atomic E-state index is 0.00116.